The first kappa shape index (κ1) is 17.0. The highest BCUT2D eigenvalue weighted by Gasteiger charge is 2.13. The van der Waals surface area contributed by atoms with Gasteiger partial charge in [-0.05, 0) is 50.1 Å². The first-order valence-corrected chi connectivity index (χ1v) is 8.79. The van der Waals surface area contributed by atoms with Crippen LogP contribution in [0.1, 0.15) is 17.0 Å². The second kappa shape index (κ2) is 6.72. The summed E-state index contributed by atoms with van der Waals surface area (Å²) in [6.45, 7) is 5.99. The fourth-order valence-corrected chi connectivity index (χ4v) is 3.17. The van der Waals surface area contributed by atoms with Gasteiger partial charge in [0.25, 0.3) is 0 Å². The van der Waals surface area contributed by atoms with Gasteiger partial charge >= 0.3 is 0 Å². The molecule has 0 unspecified atom stereocenters. The summed E-state index contributed by atoms with van der Waals surface area (Å²) in [5.41, 5.74) is 8.18. The molecule has 0 aliphatic heterocycles. The summed E-state index contributed by atoms with van der Waals surface area (Å²) in [5.74, 6) is 0.829. The van der Waals surface area contributed by atoms with Crippen molar-refractivity contribution in [1.29, 1.82) is 0 Å². The van der Waals surface area contributed by atoms with Crippen LogP contribution in [-0.4, -0.2) is 20.2 Å². The number of aryl methyl sites for hydroxylation is 4. The number of nitrogens with one attached hydrogen (secondary N) is 1. The van der Waals surface area contributed by atoms with E-state index < -0.39 is 0 Å². The van der Waals surface area contributed by atoms with Gasteiger partial charge in [-0.15, -0.1) is 5.10 Å². The highest BCUT2D eigenvalue weighted by Crippen LogP contribution is 2.32. The number of anilines is 2. The first-order chi connectivity index (χ1) is 13.0. The second-order valence-electron chi connectivity index (χ2n) is 6.71. The van der Waals surface area contributed by atoms with Crippen LogP contribution in [-0.2, 0) is 7.05 Å². The highest BCUT2D eigenvalue weighted by molar-refractivity contribution is 5.75. The lowest BCUT2D eigenvalue weighted by atomic mass is 10.0. The molecule has 0 spiro atoms. The average molecular weight is 359 g/mol. The quantitative estimate of drug-likeness (QED) is 0.566. The van der Waals surface area contributed by atoms with Crippen molar-refractivity contribution in [3.8, 4) is 22.4 Å². The van der Waals surface area contributed by atoms with Gasteiger partial charge in [0.1, 0.15) is 11.5 Å². The molecule has 136 valence electrons. The van der Waals surface area contributed by atoms with Crippen LogP contribution >= 0.6 is 0 Å². The molecular formula is C21H21N5O. The zero-order valence-electron chi connectivity index (χ0n) is 15.8. The average Bonchev–Trinajstić information content (AvgIpc) is 3.23. The Hall–Kier alpha value is -3.41. The molecule has 6 heteroatoms. The van der Waals surface area contributed by atoms with Gasteiger partial charge in [-0.25, -0.2) is 0 Å². The smallest absolute Gasteiger partial charge is 0.141 e. The number of benzene rings is 2. The molecule has 0 atom stereocenters. The van der Waals surface area contributed by atoms with Crippen molar-refractivity contribution >= 4 is 11.4 Å². The van der Waals surface area contributed by atoms with E-state index in [2.05, 4.69) is 45.9 Å². The lowest BCUT2D eigenvalue weighted by Crippen LogP contribution is -1.94. The van der Waals surface area contributed by atoms with Crippen LogP contribution in [0.2, 0.25) is 0 Å². The van der Waals surface area contributed by atoms with Gasteiger partial charge in [0.15, 0.2) is 0 Å². The van der Waals surface area contributed by atoms with Gasteiger partial charge in [-0.3, -0.25) is 4.68 Å². The Balaban J connectivity index is 1.62. The fourth-order valence-electron chi connectivity index (χ4n) is 3.17. The van der Waals surface area contributed by atoms with E-state index in [-0.39, 0.29) is 0 Å². The number of hydrogen-bond donors (Lipinski definition) is 1. The monoisotopic (exact) mass is 359 g/mol. The van der Waals surface area contributed by atoms with Crippen LogP contribution in [0.25, 0.3) is 22.4 Å². The van der Waals surface area contributed by atoms with Crippen molar-refractivity contribution < 1.29 is 4.52 Å². The maximum atomic E-state index is 5.31. The topological polar surface area (TPSA) is 68.8 Å². The maximum absolute atomic E-state index is 5.31. The third-order valence-corrected chi connectivity index (χ3v) is 4.62. The highest BCUT2D eigenvalue weighted by atomic mass is 16.5. The Bertz CT molecular complexity index is 1070. The Kier molecular flexibility index (Phi) is 4.24. The van der Waals surface area contributed by atoms with Crippen molar-refractivity contribution in [3.63, 3.8) is 0 Å². The number of rotatable bonds is 4. The second-order valence-corrected chi connectivity index (χ2v) is 6.71. The van der Waals surface area contributed by atoms with E-state index in [1.807, 2.05) is 51.4 Å². The molecule has 2 aromatic heterocycles. The molecule has 6 nitrogen and oxygen atoms in total. The molecule has 0 bridgehead atoms. The standard InChI is InChI=1S/C21H21N5O/c1-13-5-6-17(21-14(2)24-27-15(21)3)11-19(13)22-18-9-7-16(8-10-18)20-12-26(4)25-23-20/h5-12,22H,1-4H3. The van der Waals surface area contributed by atoms with E-state index in [0.717, 1.165) is 45.2 Å². The van der Waals surface area contributed by atoms with E-state index in [1.165, 1.54) is 5.56 Å². The van der Waals surface area contributed by atoms with Gasteiger partial charge in [0.05, 0.1) is 11.9 Å². The number of aromatic nitrogens is 4. The van der Waals surface area contributed by atoms with Crippen molar-refractivity contribution in [3.05, 3.63) is 65.7 Å². The molecule has 4 rings (SSSR count). The Morgan fingerprint density at radius 1 is 0.963 bits per heavy atom. The van der Waals surface area contributed by atoms with Gasteiger partial charge in [0.2, 0.25) is 0 Å². The van der Waals surface area contributed by atoms with E-state index in [9.17, 15) is 0 Å². The van der Waals surface area contributed by atoms with E-state index >= 15 is 0 Å². The molecule has 1 N–H and O–H groups in total. The molecule has 0 aliphatic rings. The third-order valence-electron chi connectivity index (χ3n) is 4.62. The van der Waals surface area contributed by atoms with Gasteiger partial charge < -0.3 is 9.84 Å². The Labute approximate surface area is 157 Å². The molecule has 2 aromatic carbocycles. The first-order valence-electron chi connectivity index (χ1n) is 8.79. The van der Waals surface area contributed by atoms with Crippen molar-refractivity contribution in [1.82, 2.24) is 20.2 Å². The Morgan fingerprint density at radius 3 is 2.33 bits per heavy atom. The van der Waals surface area contributed by atoms with Crippen molar-refractivity contribution in [2.24, 2.45) is 7.05 Å². The summed E-state index contributed by atoms with van der Waals surface area (Å²) >= 11 is 0. The van der Waals surface area contributed by atoms with E-state index in [4.69, 9.17) is 4.52 Å². The molecule has 0 radical (unpaired) electrons. The summed E-state index contributed by atoms with van der Waals surface area (Å²) in [6.07, 6.45) is 1.90. The molecule has 2 heterocycles. The number of nitrogens with zero attached hydrogens (tertiary/aromatic N) is 4. The zero-order valence-corrected chi connectivity index (χ0v) is 15.8. The molecule has 0 saturated carbocycles. The van der Waals surface area contributed by atoms with Crippen LogP contribution in [0.15, 0.2) is 53.2 Å². The normalized spacial score (nSPS) is 11.0. The van der Waals surface area contributed by atoms with Gasteiger partial charge in [0, 0.05) is 29.5 Å². The minimum absolute atomic E-state index is 0.829. The summed E-state index contributed by atoms with van der Waals surface area (Å²) in [5, 5.41) is 15.7. The molecule has 0 aliphatic carbocycles. The Morgan fingerprint density at radius 2 is 1.70 bits per heavy atom. The number of hydrogen-bond acceptors (Lipinski definition) is 5. The summed E-state index contributed by atoms with van der Waals surface area (Å²) in [6, 6.07) is 14.5. The van der Waals surface area contributed by atoms with Crippen LogP contribution in [0, 0.1) is 20.8 Å². The van der Waals surface area contributed by atoms with E-state index in [1.54, 1.807) is 4.68 Å². The third kappa shape index (κ3) is 3.33. The maximum Gasteiger partial charge on any atom is 0.141 e. The van der Waals surface area contributed by atoms with Crippen LogP contribution < -0.4 is 5.32 Å². The van der Waals surface area contributed by atoms with Crippen LogP contribution in [0.5, 0.6) is 0 Å². The largest absolute Gasteiger partial charge is 0.361 e. The molecular weight excluding hydrogens is 338 g/mol. The molecule has 4 aromatic rings. The predicted octanol–water partition coefficient (Wildman–Crippen LogP) is 4.81. The molecule has 0 saturated heterocycles. The van der Waals surface area contributed by atoms with Gasteiger partial charge in [-0.2, -0.15) is 0 Å². The lowest BCUT2D eigenvalue weighted by molar-refractivity contribution is 0.393. The van der Waals surface area contributed by atoms with Crippen LogP contribution in [0.4, 0.5) is 11.4 Å². The fraction of sp³-hybridized carbons (Fsp3) is 0.190. The molecule has 0 amide bonds. The van der Waals surface area contributed by atoms with Crippen molar-refractivity contribution in [2.75, 3.05) is 5.32 Å². The minimum atomic E-state index is 0.829. The van der Waals surface area contributed by atoms with Crippen molar-refractivity contribution in [2.45, 2.75) is 20.8 Å². The SMILES string of the molecule is Cc1ccc(-c2c(C)noc2C)cc1Nc1ccc(-c2cn(C)nn2)cc1. The summed E-state index contributed by atoms with van der Waals surface area (Å²) < 4.78 is 7.01. The predicted molar refractivity (Wildman–Crippen MR) is 106 cm³/mol. The zero-order chi connectivity index (χ0) is 19.0. The van der Waals surface area contributed by atoms with E-state index in [0.29, 0.717) is 0 Å². The summed E-state index contributed by atoms with van der Waals surface area (Å²) in [4.78, 5) is 0. The summed E-state index contributed by atoms with van der Waals surface area (Å²) in [7, 11) is 1.86. The van der Waals surface area contributed by atoms with Crippen LogP contribution in [0.3, 0.4) is 0 Å². The lowest BCUT2D eigenvalue weighted by Gasteiger charge is -2.12. The molecule has 0 fully saturated rings. The molecule has 27 heavy (non-hydrogen) atoms. The minimum Gasteiger partial charge on any atom is -0.361 e. The van der Waals surface area contributed by atoms with Gasteiger partial charge in [-0.1, -0.05) is 34.6 Å².